The Labute approximate surface area is 175 Å². The molecule has 148 valence electrons. The summed E-state index contributed by atoms with van der Waals surface area (Å²) in [6, 6.07) is 30.3. The van der Waals surface area contributed by atoms with Gasteiger partial charge in [-0.05, 0) is 42.2 Å². The summed E-state index contributed by atoms with van der Waals surface area (Å²) in [5, 5.41) is 3.96. The zero-order valence-corrected chi connectivity index (χ0v) is 18.4. The summed E-state index contributed by atoms with van der Waals surface area (Å²) >= 11 is 0. The van der Waals surface area contributed by atoms with Crippen LogP contribution in [0.2, 0.25) is 0 Å². The van der Waals surface area contributed by atoms with E-state index in [-0.39, 0.29) is 17.6 Å². The molecule has 0 unspecified atom stereocenters. The molecule has 2 atom stereocenters. The van der Waals surface area contributed by atoms with Crippen molar-refractivity contribution in [2.75, 3.05) is 0 Å². The molecule has 3 aromatic rings. The fourth-order valence-corrected chi connectivity index (χ4v) is 6.41. The summed E-state index contributed by atoms with van der Waals surface area (Å²) < 4.78 is 6.31. The first-order chi connectivity index (χ1) is 13.9. The first-order valence-electron chi connectivity index (χ1n) is 10.2. The van der Waals surface area contributed by atoms with E-state index >= 15 is 0 Å². The lowest BCUT2D eigenvalue weighted by molar-refractivity contribution is 0.154. The number of nitrogens with zero attached hydrogens (tertiary/aromatic N) is 1. The van der Waals surface area contributed by atoms with Gasteiger partial charge in [-0.2, -0.15) is 0 Å². The van der Waals surface area contributed by atoms with E-state index in [1.165, 1.54) is 15.9 Å². The van der Waals surface area contributed by atoms with Crippen LogP contribution in [0.4, 0.5) is 0 Å². The molecule has 0 saturated carbocycles. The highest BCUT2D eigenvalue weighted by Gasteiger charge is 2.37. The topological polar surface area (TPSA) is 21.6 Å². The van der Waals surface area contributed by atoms with E-state index in [0.29, 0.717) is 0 Å². The van der Waals surface area contributed by atoms with Crippen LogP contribution in [0.15, 0.2) is 89.9 Å². The van der Waals surface area contributed by atoms with Crippen molar-refractivity contribution in [2.45, 2.75) is 39.8 Å². The molecule has 0 aliphatic carbocycles. The Morgan fingerprint density at radius 1 is 0.759 bits per heavy atom. The van der Waals surface area contributed by atoms with Crippen molar-refractivity contribution in [1.29, 1.82) is 0 Å². The maximum Gasteiger partial charge on any atom is 0.217 e. The molecule has 4 rings (SSSR count). The van der Waals surface area contributed by atoms with Crippen molar-refractivity contribution in [3.8, 4) is 0 Å². The standard InChI is InChI=1S/C26H28NOP/c1-19-24(26(2,3)4)27-25(28-19)22-17-11-12-18-23(22)29(20-13-7-5-8-14-20)21-15-9-6-10-16-21/h5-19,24H,1-4H3/t19-,24-/m1/s1. The van der Waals surface area contributed by atoms with Gasteiger partial charge in [0.15, 0.2) is 0 Å². The van der Waals surface area contributed by atoms with E-state index in [1.807, 2.05) is 0 Å². The molecule has 1 aliphatic rings. The van der Waals surface area contributed by atoms with Gasteiger partial charge in [0.2, 0.25) is 5.90 Å². The lowest BCUT2D eigenvalue weighted by Crippen LogP contribution is -2.32. The Kier molecular flexibility index (Phi) is 5.56. The van der Waals surface area contributed by atoms with Gasteiger partial charge < -0.3 is 4.74 Å². The molecule has 0 radical (unpaired) electrons. The van der Waals surface area contributed by atoms with Crippen molar-refractivity contribution in [3.05, 3.63) is 90.5 Å². The van der Waals surface area contributed by atoms with Crippen LogP contribution < -0.4 is 15.9 Å². The number of benzene rings is 3. The van der Waals surface area contributed by atoms with E-state index in [2.05, 4.69) is 113 Å². The highest BCUT2D eigenvalue weighted by atomic mass is 31.1. The van der Waals surface area contributed by atoms with Gasteiger partial charge in [-0.3, -0.25) is 0 Å². The molecule has 3 aromatic carbocycles. The lowest BCUT2D eigenvalue weighted by Gasteiger charge is -2.26. The molecule has 0 fully saturated rings. The molecule has 1 aliphatic heterocycles. The van der Waals surface area contributed by atoms with Gasteiger partial charge in [0.05, 0.1) is 6.04 Å². The summed E-state index contributed by atoms with van der Waals surface area (Å²) in [6.45, 7) is 8.83. The minimum atomic E-state index is -0.700. The number of rotatable bonds is 4. The molecular weight excluding hydrogens is 373 g/mol. The van der Waals surface area contributed by atoms with Gasteiger partial charge >= 0.3 is 0 Å². The van der Waals surface area contributed by atoms with Crippen LogP contribution in [0.1, 0.15) is 33.3 Å². The highest BCUT2D eigenvalue weighted by molar-refractivity contribution is 7.80. The quantitative estimate of drug-likeness (QED) is 0.562. The Morgan fingerprint density at radius 2 is 1.28 bits per heavy atom. The van der Waals surface area contributed by atoms with E-state index in [0.717, 1.165) is 11.5 Å². The van der Waals surface area contributed by atoms with Crippen molar-refractivity contribution >= 4 is 29.7 Å². The third-order valence-corrected chi connectivity index (χ3v) is 7.79. The summed E-state index contributed by atoms with van der Waals surface area (Å²) in [7, 11) is -0.700. The summed E-state index contributed by atoms with van der Waals surface area (Å²) in [4.78, 5) is 5.05. The predicted molar refractivity (Wildman–Crippen MR) is 125 cm³/mol. The zero-order chi connectivity index (χ0) is 20.4. The largest absolute Gasteiger partial charge is 0.472 e. The van der Waals surface area contributed by atoms with Crippen LogP contribution in [0.5, 0.6) is 0 Å². The minimum absolute atomic E-state index is 0.0692. The van der Waals surface area contributed by atoms with Crippen LogP contribution in [-0.4, -0.2) is 18.0 Å². The lowest BCUT2D eigenvalue weighted by atomic mass is 9.84. The summed E-state index contributed by atoms with van der Waals surface area (Å²) in [5.41, 5.74) is 1.18. The molecule has 0 N–H and O–H groups in total. The summed E-state index contributed by atoms with van der Waals surface area (Å²) in [6.07, 6.45) is 0.0812. The fraction of sp³-hybridized carbons (Fsp3) is 0.269. The molecule has 0 amide bonds. The smallest absolute Gasteiger partial charge is 0.217 e. The maximum atomic E-state index is 6.31. The molecule has 0 aromatic heterocycles. The van der Waals surface area contributed by atoms with E-state index in [4.69, 9.17) is 9.73 Å². The Bertz CT molecular complexity index is 952. The monoisotopic (exact) mass is 401 g/mol. The molecular formula is C26H28NOP. The van der Waals surface area contributed by atoms with E-state index < -0.39 is 7.92 Å². The SMILES string of the molecule is C[C@H]1OC(c2ccccc2P(c2ccccc2)c2ccccc2)=N[C@H]1C(C)(C)C. The third kappa shape index (κ3) is 4.14. The van der Waals surface area contributed by atoms with Gasteiger partial charge in [-0.15, -0.1) is 0 Å². The molecule has 0 spiro atoms. The molecule has 3 heteroatoms. The fourth-order valence-electron chi connectivity index (χ4n) is 3.96. The average Bonchev–Trinajstić information content (AvgIpc) is 3.12. The second-order valence-corrected chi connectivity index (χ2v) is 10.8. The Hall–Kier alpha value is -2.44. The van der Waals surface area contributed by atoms with Crippen LogP contribution in [0.25, 0.3) is 0 Å². The third-order valence-electron chi connectivity index (χ3n) is 5.29. The molecule has 0 saturated heterocycles. The van der Waals surface area contributed by atoms with E-state index in [1.54, 1.807) is 0 Å². The first kappa shape index (κ1) is 19.9. The Morgan fingerprint density at radius 3 is 1.79 bits per heavy atom. The van der Waals surface area contributed by atoms with Crippen molar-refractivity contribution in [3.63, 3.8) is 0 Å². The number of hydrogen-bond donors (Lipinski definition) is 0. The Balaban J connectivity index is 1.85. The van der Waals surface area contributed by atoms with Crippen LogP contribution >= 0.6 is 7.92 Å². The average molecular weight is 401 g/mol. The molecule has 1 heterocycles. The first-order valence-corrected chi connectivity index (χ1v) is 11.5. The van der Waals surface area contributed by atoms with Gasteiger partial charge in [0, 0.05) is 5.56 Å². The van der Waals surface area contributed by atoms with Gasteiger partial charge in [0.25, 0.3) is 0 Å². The van der Waals surface area contributed by atoms with Crippen molar-refractivity contribution in [1.82, 2.24) is 0 Å². The number of ether oxygens (including phenoxy) is 1. The second kappa shape index (κ2) is 8.13. The molecule has 2 nitrogen and oxygen atoms in total. The van der Waals surface area contributed by atoms with Gasteiger partial charge in [0.1, 0.15) is 6.10 Å². The molecule has 29 heavy (non-hydrogen) atoms. The molecule has 0 bridgehead atoms. The normalized spacial score (nSPS) is 19.1. The summed E-state index contributed by atoms with van der Waals surface area (Å²) in [5.74, 6) is 0.785. The zero-order valence-electron chi connectivity index (χ0n) is 17.5. The number of hydrogen-bond acceptors (Lipinski definition) is 2. The van der Waals surface area contributed by atoms with Gasteiger partial charge in [-0.25, -0.2) is 4.99 Å². The van der Waals surface area contributed by atoms with Crippen LogP contribution in [-0.2, 0) is 4.74 Å². The van der Waals surface area contributed by atoms with Crippen molar-refractivity contribution < 1.29 is 4.74 Å². The highest BCUT2D eigenvalue weighted by Crippen LogP contribution is 2.36. The second-order valence-electron chi connectivity index (χ2n) is 8.59. The minimum Gasteiger partial charge on any atom is -0.472 e. The predicted octanol–water partition coefficient (Wildman–Crippen LogP) is 5.02. The van der Waals surface area contributed by atoms with Crippen molar-refractivity contribution in [2.24, 2.45) is 10.4 Å². The maximum absolute atomic E-state index is 6.31. The van der Waals surface area contributed by atoms with Gasteiger partial charge in [-0.1, -0.05) is 99.6 Å². The van der Waals surface area contributed by atoms with Crippen LogP contribution in [0.3, 0.4) is 0 Å². The van der Waals surface area contributed by atoms with E-state index in [9.17, 15) is 0 Å². The van der Waals surface area contributed by atoms with Crippen LogP contribution in [0, 0.1) is 5.41 Å². The number of aliphatic imine (C=N–C) groups is 1.